The van der Waals surface area contributed by atoms with Crippen molar-refractivity contribution in [3.8, 4) is 17.1 Å². The zero-order valence-corrected chi connectivity index (χ0v) is 21.6. The molecule has 0 amide bonds. The number of halogens is 2. The lowest BCUT2D eigenvalue weighted by atomic mass is 10.2. The van der Waals surface area contributed by atoms with Crippen LogP contribution >= 0.6 is 34.5 Å². The fraction of sp³-hybridized carbons (Fsp3) is 0.148. The third-order valence-electron chi connectivity index (χ3n) is 5.37. The zero-order valence-electron chi connectivity index (χ0n) is 19.3. The Bertz CT molecular complexity index is 1650. The van der Waals surface area contributed by atoms with Crippen LogP contribution in [-0.2, 0) is 0 Å². The van der Waals surface area contributed by atoms with E-state index in [-0.39, 0.29) is 5.56 Å². The number of unbranched alkanes of at least 4 members (excludes halogenated alkanes) is 1. The normalized spacial score (nSPS) is 12.2. The van der Waals surface area contributed by atoms with Gasteiger partial charge in [0, 0.05) is 11.6 Å². The van der Waals surface area contributed by atoms with Crippen LogP contribution in [0.5, 0.6) is 5.75 Å². The fourth-order valence-electron chi connectivity index (χ4n) is 3.46. The predicted octanol–water partition coefficient (Wildman–Crippen LogP) is 6.61. The number of thiazole rings is 1. The van der Waals surface area contributed by atoms with Crippen LogP contribution in [0.1, 0.15) is 36.9 Å². The Morgan fingerprint density at radius 2 is 1.89 bits per heavy atom. The minimum Gasteiger partial charge on any atom is -0.494 e. The highest BCUT2D eigenvalue weighted by Gasteiger charge is 2.11. The summed E-state index contributed by atoms with van der Waals surface area (Å²) in [5.74, 6) is 2.48. The van der Waals surface area contributed by atoms with Gasteiger partial charge < -0.3 is 9.15 Å². The van der Waals surface area contributed by atoms with Crippen LogP contribution in [0.4, 0.5) is 0 Å². The molecule has 0 spiro atoms. The maximum absolute atomic E-state index is 12.9. The molecule has 0 N–H and O–H groups in total. The highest BCUT2D eigenvalue weighted by molar-refractivity contribution is 7.15. The Balaban J connectivity index is 1.32. The van der Waals surface area contributed by atoms with Crippen molar-refractivity contribution in [2.45, 2.75) is 19.8 Å². The van der Waals surface area contributed by atoms with Crippen LogP contribution in [0.3, 0.4) is 0 Å². The van der Waals surface area contributed by atoms with E-state index >= 15 is 0 Å². The van der Waals surface area contributed by atoms with Crippen LogP contribution in [0.2, 0.25) is 10.0 Å². The number of rotatable bonds is 8. The molecule has 0 aliphatic rings. The van der Waals surface area contributed by atoms with Gasteiger partial charge in [-0.1, -0.05) is 66.1 Å². The standard InChI is InChI=1S/C27H21Cl2N3O3S/c1-2-3-14-34-19-8-4-17(5-9-19)6-13-25-30-27-32(31-25)26(33)24(36-27)16-20-10-12-23(35-20)18-7-11-21(28)22(29)15-18/h4-13,15-16H,2-3,14H2,1H3/b13-6+,24-16-. The van der Waals surface area contributed by atoms with E-state index in [1.165, 1.54) is 15.9 Å². The highest BCUT2D eigenvalue weighted by atomic mass is 35.5. The number of nitrogens with zero attached hydrogens (tertiary/aromatic N) is 3. The van der Waals surface area contributed by atoms with Gasteiger partial charge >= 0.3 is 0 Å². The second kappa shape index (κ2) is 10.7. The van der Waals surface area contributed by atoms with Crippen LogP contribution in [-0.4, -0.2) is 21.2 Å². The minimum atomic E-state index is -0.247. The van der Waals surface area contributed by atoms with Gasteiger partial charge in [-0.05, 0) is 60.5 Å². The maximum Gasteiger partial charge on any atom is 0.291 e. The molecule has 0 atom stereocenters. The fourth-order valence-corrected chi connectivity index (χ4v) is 4.66. The first-order valence-electron chi connectivity index (χ1n) is 11.4. The summed E-state index contributed by atoms with van der Waals surface area (Å²) in [5.41, 5.74) is 1.54. The van der Waals surface area contributed by atoms with Crippen molar-refractivity contribution < 1.29 is 9.15 Å². The third-order valence-corrected chi connectivity index (χ3v) is 7.07. The summed E-state index contributed by atoms with van der Waals surface area (Å²) in [5, 5.41) is 5.26. The average Bonchev–Trinajstić information content (AvgIpc) is 3.58. The van der Waals surface area contributed by atoms with Gasteiger partial charge in [0.2, 0.25) is 4.96 Å². The Morgan fingerprint density at radius 1 is 1.06 bits per heavy atom. The largest absolute Gasteiger partial charge is 0.494 e. The number of benzene rings is 2. The molecule has 5 aromatic rings. The summed E-state index contributed by atoms with van der Waals surface area (Å²) in [6, 6.07) is 16.7. The second-order valence-corrected chi connectivity index (χ2v) is 9.84. The van der Waals surface area contributed by atoms with Crippen molar-refractivity contribution in [3.05, 3.63) is 96.7 Å². The van der Waals surface area contributed by atoms with Gasteiger partial charge in [-0.3, -0.25) is 4.79 Å². The van der Waals surface area contributed by atoms with Gasteiger partial charge in [0.15, 0.2) is 5.82 Å². The lowest BCUT2D eigenvalue weighted by molar-refractivity contribution is 0.309. The molecule has 0 radical (unpaired) electrons. The summed E-state index contributed by atoms with van der Waals surface area (Å²) in [6.45, 7) is 2.85. The van der Waals surface area contributed by atoms with Crippen molar-refractivity contribution >= 4 is 57.7 Å². The van der Waals surface area contributed by atoms with Gasteiger partial charge in [0.1, 0.15) is 21.8 Å². The van der Waals surface area contributed by atoms with E-state index < -0.39 is 0 Å². The Hall–Kier alpha value is -3.39. The summed E-state index contributed by atoms with van der Waals surface area (Å²) in [7, 11) is 0. The van der Waals surface area contributed by atoms with E-state index in [4.69, 9.17) is 32.4 Å². The number of hydrogen-bond acceptors (Lipinski definition) is 6. The molecule has 3 aromatic heterocycles. The minimum absolute atomic E-state index is 0.247. The molecule has 36 heavy (non-hydrogen) atoms. The molecule has 0 bridgehead atoms. The Labute approximate surface area is 221 Å². The van der Waals surface area contributed by atoms with Gasteiger partial charge in [-0.15, -0.1) is 5.10 Å². The SMILES string of the molecule is CCCCOc1ccc(/C=C/c2nc3s/c(=C\c4ccc(-c5ccc(Cl)c(Cl)c5)o4)c(=O)n3n2)cc1. The first-order valence-corrected chi connectivity index (χ1v) is 12.9. The van der Waals surface area contributed by atoms with E-state index in [0.29, 0.717) is 36.9 Å². The molecule has 0 aliphatic heterocycles. The monoisotopic (exact) mass is 537 g/mol. The van der Waals surface area contributed by atoms with Crippen molar-refractivity contribution in [2.24, 2.45) is 0 Å². The number of furan rings is 1. The molecule has 0 aliphatic carbocycles. The van der Waals surface area contributed by atoms with E-state index in [1.807, 2.05) is 42.5 Å². The van der Waals surface area contributed by atoms with E-state index in [2.05, 4.69) is 17.0 Å². The predicted molar refractivity (Wildman–Crippen MR) is 146 cm³/mol. The number of fused-ring (bicyclic) bond motifs is 1. The van der Waals surface area contributed by atoms with Crippen LogP contribution < -0.4 is 14.8 Å². The highest BCUT2D eigenvalue weighted by Crippen LogP contribution is 2.29. The molecule has 9 heteroatoms. The Morgan fingerprint density at radius 3 is 2.64 bits per heavy atom. The number of hydrogen-bond donors (Lipinski definition) is 0. The number of ether oxygens (including phenoxy) is 1. The second-order valence-electron chi connectivity index (χ2n) is 8.02. The topological polar surface area (TPSA) is 69.6 Å². The van der Waals surface area contributed by atoms with Crippen molar-refractivity contribution in [2.75, 3.05) is 6.61 Å². The first-order chi connectivity index (χ1) is 17.5. The quantitative estimate of drug-likeness (QED) is 0.208. The lowest BCUT2D eigenvalue weighted by Gasteiger charge is -2.04. The molecular weight excluding hydrogens is 517 g/mol. The molecule has 6 nitrogen and oxygen atoms in total. The lowest BCUT2D eigenvalue weighted by Crippen LogP contribution is -2.23. The van der Waals surface area contributed by atoms with Gasteiger partial charge in [0.25, 0.3) is 5.56 Å². The molecule has 0 unspecified atom stereocenters. The molecule has 3 heterocycles. The van der Waals surface area contributed by atoms with Gasteiger partial charge in [0.05, 0.1) is 16.7 Å². The number of aromatic nitrogens is 3. The van der Waals surface area contributed by atoms with E-state index in [0.717, 1.165) is 36.3 Å². The smallest absolute Gasteiger partial charge is 0.291 e. The van der Waals surface area contributed by atoms with E-state index in [9.17, 15) is 4.79 Å². The molecule has 0 saturated carbocycles. The van der Waals surface area contributed by atoms with E-state index in [1.54, 1.807) is 30.4 Å². The molecular formula is C27H21Cl2N3O3S. The van der Waals surface area contributed by atoms with Crippen molar-refractivity contribution in [1.82, 2.24) is 14.6 Å². The zero-order chi connectivity index (χ0) is 25.1. The van der Waals surface area contributed by atoms with Crippen LogP contribution in [0, 0.1) is 0 Å². The summed E-state index contributed by atoms with van der Waals surface area (Å²) >= 11 is 13.3. The van der Waals surface area contributed by atoms with Crippen LogP contribution in [0.15, 0.2) is 63.8 Å². The average molecular weight is 538 g/mol. The summed E-state index contributed by atoms with van der Waals surface area (Å²) < 4.78 is 13.4. The molecule has 182 valence electrons. The molecule has 2 aromatic carbocycles. The summed E-state index contributed by atoms with van der Waals surface area (Å²) in [6.07, 6.45) is 7.51. The first kappa shape index (κ1) is 24.3. The Kier molecular flexibility index (Phi) is 7.23. The maximum atomic E-state index is 12.9. The molecule has 0 saturated heterocycles. The van der Waals surface area contributed by atoms with Gasteiger partial charge in [-0.2, -0.15) is 9.50 Å². The molecule has 5 rings (SSSR count). The van der Waals surface area contributed by atoms with Crippen LogP contribution in [0.25, 0.3) is 34.5 Å². The van der Waals surface area contributed by atoms with Crippen molar-refractivity contribution in [1.29, 1.82) is 0 Å². The third kappa shape index (κ3) is 5.38. The molecule has 0 fully saturated rings. The summed E-state index contributed by atoms with van der Waals surface area (Å²) in [4.78, 5) is 17.8. The van der Waals surface area contributed by atoms with Crippen molar-refractivity contribution in [3.63, 3.8) is 0 Å². The van der Waals surface area contributed by atoms with Gasteiger partial charge in [-0.25, -0.2) is 0 Å².